The van der Waals surface area contributed by atoms with E-state index in [0.717, 1.165) is 6.07 Å². The molecular formula is C13H7ClF2O. The molecule has 2 aromatic carbocycles. The van der Waals surface area contributed by atoms with Crippen LogP contribution in [0, 0.1) is 11.6 Å². The SMILES string of the molecule is O=Cc1ccc(F)c(-c2ccc(F)c(Cl)c2)c1. The van der Waals surface area contributed by atoms with E-state index < -0.39 is 11.6 Å². The van der Waals surface area contributed by atoms with Crippen molar-refractivity contribution in [2.24, 2.45) is 0 Å². The molecule has 4 heteroatoms. The lowest BCUT2D eigenvalue weighted by molar-refractivity contribution is 0.112. The first-order valence-corrected chi connectivity index (χ1v) is 5.20. The van der Waals surface area contributed by atoms with Crippen molar-refractivity contribution in [3.63, 3.8) is 0 Å². The van der Waals surface area contributed by atoms with Crippen LogP contribution in [0.4, 0.5) is 8.78 Å². The van der Waals surface area contributed by atoms with Crippen LogP contribution in [0.3, 0.4) is 0 Å². The Morgan fingerprint density at radius 1 is 1.00 bits per heavy atom. The highest BCUT2D eigenvalue weighted by Crippen LogP contribution is 2.27. The fraction of sp³-hybridized carbons (Fsp3) is 0. The lowest BCUT2D eigenvalue weighted by Gasteiger charge is -2.05. The van der Waals surface area contributed by atoms with Crippen molar-refractivity contribution in [3.8, 4) is 11.1 Å². The van der Waals surface area contributed by atoms with Crippen molar-refractivity contribution >= 4 is 17.9 Å². The van der Waals surface area contributed by atoms with Gasteiger partial charge in [0, 0.05) is 11.1 Å². The molecule has 0 aliphatic heterocycles. The van der Waals surface area contributed by atoms with E-state index in [0.29, 0.717) is 17.4 Å². The molecule has 0 radical (unpaired) electrons. The number of carbonyl (C=O) groups is 1. The van der Waals surface area contributed by atoms with Gasteiger partial charge in [-0.2, -0.15) is 0 Å². The maximum Gasteiger partial charge on any atom is 0.150 e. The molecule has 0 saturated carbocycles. The Bertz CT molecular complexity index is 582. The minimum Gasteiger partial charge on any atom is -0.298 e. The minimum atomic E-state index is -0.567. The van der Waals surface area contributed by atoms with Crippen molar-refractivity contribution in [1.82, 2.24) is 0 Å². The van der Waals surface area contributed by atoms with Crippen LogP contribution in [0.2, 0.25) is 5.02 Å². The van der Waals surface area contributed by atoms with Gasteiger partial charge in [0.1, 0.15) is 17.9 Å². The van der Waals surface area contributed by atoms with Crippen LogP contribution in [-0.4, -0.2) is 6.29 Å². The topological polar surface area (TPSA) is 17.1 Å². The maximum atomic E-state index is 13.6. The summed E-state index contributed by atoms with van der Waals surface area (Å²) < 4.78 is 26.5. The van der Waals surface area contributed by atoms with Gasteiger partial charge in [0.25, 0.3) is 0 Å². The van der Waals surface area contributed by atoms with Gasteiger partial charge in [-0.25, -0.2) is 8.78 Å². The van der Waals surface area contributed by atoms with E-state index in [1.165, 1.54) is 30.3 Å². The lowest BCUT2D eigenvalue weighted by Crippen LogP contribution is -1.89. The quantitative estimate of drug-likeness (QED) is 0.736. The second-order valence-electron chi connectivity index (χ2n) is 3.49. The molecule has 2 rings (SSSR count). The summed E-state index contributed by atoms with van der Waals surface area (Å²) in [5.74, 6) is -1.05. The standard InChI is InChI=1S/C13H7ClF2O/c14-11-6-9(2-4-13(11)16)10-5-8(7-17)1-3-12(10)15/h1-7H. The monoisotopic (exact) mass is 252 g/mol. The molecule has 1 nitrogen and oxygen atoms in total. The van der Waals surface area contributed by atoms with E-state index in [9.17, 15) is 13.6 Å². The summed E-state index contributed by atoms with van der Waals surface area (Å²) in [6, 6.07) is 7.85. The van der Waals surface area contributed by atoms with Crippen molar-refractivity contribution < 1.29 is 13.6 Å². The molecule has 0 fully saturated rings. The zero-order valence-corrected chi connectivity index (χ0v) is 9.34. The minimum absolute atomic E-state index is 0.0848. The summed E-state index contributed by atoms with van der Waals surface area (Å²) in [5, 5.41) is -0.0848. The Hall–Kier alpha value is -1.74. The third-order valence-corrected chi connectivity index (χ3v) is 2.65. The van der Waals surface area contributed by atoms with Crippen molar-refractivity contribution in [2.45, 2.75) is 0 Å². The van der Waals surface area contributed by atoms with E-state index >= 15 is 0 Å². The van der Waals surface area contributed by atoms with E-state index in [1.807, 2.05) is 0 Å². The molecule has 0 saturated heterocycles. The lowest BCUT2D eigenvalue weighted by atomic mass is 10.0. The molecule has 0 bridgehead atoms. The van der Waals surface area contributed by atoms with Gasteiger partial charge in [-0.3, -0.25) is 4.79 Å². The summed E-state index contributed by atoms with van der Waals surface area (Å²) in [6.45, 7) is 0. The van der Waals surface area contributed by atoms with Gasteiger partial charge >= 0.3 is 0 Å². The number of benzene rings is 2. The summed E-state index contributed by atoms with van der Waals surface area (Å²) >= 11 is 5.62. The van der Waals surface area contributed by atoms with E-state index in [2.05, 4.69) is 0 Å². The number of hydrogen-bond donors (Lipinski definition) is 0. The third-order valence-electron chi connectivity index (χ3n) is 2.36. The summed E-state index contributed by atoms with van der Waals surface area (Å²) in [5.41, 5.74) is 0.996. The smallest absolute Gasteiger partial charge is 0.150 e. The average Bonchev–Trinajstić information content (AvgIpc) is 2.33. The van der Waals surface area contributed by atoms with Crippen LogP contribution >= 0.6 is 11.6 Å². The van der Waals surface area contributed by atoms with Gasteiger partial charge in [-0.05, 0) is 35.9 Å². The zero-order chi connectivity index (χ0) is 12.4. The molecule has 0 atom stereocenters. The number of aldehydes is 1. The van der Waals surface area contributed by atoms with E-state index in [4.69, 9.17) is 11.6 Å². The van der Waals surface area contributed by atoms with Gasteiger partial charge in [0.2, 0.25) is 0 Å². The molecular weight excluding hydrogens is 246 g/mol. The van der Waals surface area contributed by atoms with Crippen LogP contribution < -0.4 is 0 Å². The number of carbonyl (C=O) groups excluding carboxylic acids is 1. The summed E-state index contributed by atoms with van der Waals surface area (Å²) in [7, 11) is 0. The first kappa shape index (κ1) is 11.7. The highest BCUT2D eigenvalue weighted by molar-refractivity contribution is 6.31. The number of hydrogen-bond acceptors (Lipinski definition) is 1. The largest absolute Gasteiger partial charge is 0.298 e. The van der Waals surface area contributed by atoms with Gasteiger partial charge in [-0.15, -0.1) is 0 Å². The van der Waals surface area contributed by atoms with Crippen LogP contribution in [0.1, 0.15) is 10.4 Å². The maximum absolute atomic E-state index is 13.6. The Labute approximate surface area is 102 Å². The van der Waals surface area contributed by atoms with Crippen LogP contribution in [0.5, 0.6) is 0 Å². The summed E-state index contributed by atoms with van der Waals surface area (Å²) in [4.78, 5) is 10.6. The predicted molar refractivity (Wildman–Crippen MR) is 62.2 cm³/mol. The van der Waals surface area contributed by atoms with Crippen LogP contribution in [0.25, 0.3) is 11.1 Å². The molecule has 0 unspecified atom stereocenters. The summed E-state index contributed by atoms with van der Waals surface area (Å²) in [6.07, 6.45) is 0.619. The van der Waals surface area contributed by atoms with Gasteiger partial charge in [-0.1, -0.05) is 17.7 Å². The Morgan fingerprint density at radius 3 is 2.35 bits per heavy atom. The van der Waals surface area contributed by atoms with Crippen LogP contribution in [0.15, 0.2) is 36.4 Å². The molecule has 0 N–H and O–H groups in total. The van der Waals surface area contributed by atoms with Crippen molar-refractivity contribution in [2.75, 3.05) is 0 Å². The zero-order valence-electron chi connectivity index (χ0n) is 8.58. The highest BCUT2D eigenvalue weighted by atomic mass is 35.5. The predicted octanol–water partition coefficient (Wildman–Crippen LogP) is 4.10. The Kier molecular flexibility index (Phi) is 3.20. The molecule has 86 valence electrons. The average molecular weight is 253 g/mol. The third kappa shape index (κ3) is 2.34. The second-order valence-corrected chi connectivity index (χ2v) is 3.89. The fourth-order valence-electron chi connectivity index (χ4n) is 1.50. The van der Waals surface area contributed by atoms with Crippen LogP contribution in [-0.2, 0) is 0 Å². The first-order valence-electron chi connectivity index (χ1n) is 4.82. The molecule has 0 amide bonds. The second kappa shape index (κ2) is 4.63. The van der Waals surface area contributed by atoms with Gasteiger partial charge in [0.15, 0.2) is 0 Å². The van der Waals surface area contributed by atoms with Crippen molar-refractivity contribution in [1.29, 1.82) is 0 Å². The van der Waals surface area contributed by atoms with E-state index in [1.54, 1.807) is 0 Å². The molecule has 0 aromatic heterocycles. The van der Waals surface area contributed by atoms with Gasteiger partial charge < -0.3 is 0 Å². The Balaban J connectivity index is 2.58. The van der Waals surface area contributed by atoms with E-state index in [-0.39, 0.29) is 10.6 Å². The Morgan fingerprint density at radius 2 is 1.71 bits per heavy atom. The number of rotatable bonds is 2. The van der Waals surface area contributed by atoms with Gasteiger partial charge in [0.05, 0.1) is 5.02 Å². The molecule has 0 spiro atoms. The fourth-order valence-corrected chi connectivity index (χ4v) is 1.68. The number of halogens is 3. The normalized spacial score (nSPS) is 10.3. The molecule has 2 aromatic rings. The molecule has 17 heavy (non-hydrogen) atoms. The molecule has 0 aliphatic carbocycles. The highest BCUT2D eigenvalue weighted by Gasteiger charge is 2.08. The molecule has 0 heterocycles. The van der Waals surface area contributed by atoms with Crippen molar-refractivity contribution in [3.05, 3.63) is 58.6 Å². The molecule has 0 aliphatic rings. The first-order chi connectivity index (χ1) is 8.11.